The van der Waals surface area contributed by atoms with Crippen molar-refractivity contribution in [3.63, 3.8) is 0 Å². The molecule has 0 saturated carbocycles. The summed E-state index contributed by atoms with van der Waals surface area (Å²) in [6, 6.07) is 17.3. The van der Waals surface area contributed by atoms with E-state index in [9.17, 15) is 9.18 Å². The van der Waals surface area contributed by atoms with E-state index in [1.54, 1.807) is 30.3 Å². The second kappa shape index (κ2) is 10.1. The van der Waals surface area contributed by atoms with Gasteiger partial charge in [0.2, 0.25) is 0 Å². The minimum Gasteiger partial charge on any atom is -0.493 e. The highest BCUT2D eigenvalue weighted by Crippen LogP contribution is 2.38. The van der Waals surface area contributed by atoms with Gasteiger partial charge in [-0.1, -0.05) is 41.4 Å². The van der Waals surface area contributed by atoms with Gasteiger partial charge in [-0.2, -0.15) is 0 Å². The third kappa shape index (κ3) is 5.74. The minimum absolute atomic E-state index is 0.130. The average molecular weight is 483 g/mol. The zero-order valence-electron chi connectivity index (χ0n) is 17.9. The summed E-state index contributed by atoms with van der Waals surface area (Å²) in [5.41, 5.74) is 3.23. The number of methoxy groups -OCH3 is 1. The van der Waals surface area contributed by atoms with Gasteiger partial charge in [0.1, 0.15) is 12.4 Å². The smallest absolute Gasteiger partial charge is 0.264 e. The number of halogens is 2. The minimum atomic E-state index is -0.339. The summed E-state index contributed by atoms with van der Waals surface area (Å²) in [5, 5.41) is 3.59. The maximum Gasteiger partial charge on any atom is 0.264 e. The van der Waals surface area contributed by atoms with Crippen molar-refractivity contribution in [2.45, 2.75) is 13.5 Å². The lowest BCUT2D eigenvalue weighted by atomic mass is 10.1. The van der Waals surface area contributed by atoms with E-state index in [2.05, 4.69) is 10.3 Å². The number of carbonyl (C=O) groups is 1. The Kier molecular flexibility index (Phi) is 7.01. The molecule has 3 aromatic rings. The molecule has 0 unspecified atom stereocenters. The number of carbonyl (C=O) groups excluding carboxylic acids is 1. The van der Waals surface area contributed by atoms with E-state index in [-0.39, 0.29) is 18.3 Å². The summed E-state index contributed by atoms with van der Waals surface area (Å²) >= 11 is 7.69. The van der Waals surface area contributed by atoms with Crippen molar-refractivity contribution in [2.24, 2.45) is 4.99 Å². The van der Waals surface area contributed by atoms with Crippen LogP contribution in [0, 0.1) is 12.7 Å². The Morgan fingerprint density at radius 2 is 1.94 bits per heavy atom. The van der Waals surface area contributed by atoms with Crippen LogP contribution in [0.15, 0.2) is 70.6 Å². The van der Waals surface area contributed by atoms with E-state index in [1.807, 2.05) is 31.2 Å². The van der Waals surface area contributed by atoms with Crippen LogP contribution in [0.2, 0.25) is 5.02 Å². The highest BCUT2D eigenvalue weighted by Gasteiger charge is 2.24. The first-order chi connectivity index (χ1) is 15.9. The molecule has 5 nitrogen and oxygen atoms in total. The van der Waals surface area contributed by atoms with Gasteiger partial charge < -0.3 is 14.8 Å². The number of nitrogens with one attached hydrogen (secondary N) is 1. The number of aliphatic imine (C=N–C) groups is 1. The van der Waals surface area contributed by atoms with Crippen LogP contribution in [0.4, 0.5) is 10.1 Å². The summed E-state index contributed by atoms with van der Waals surface area (Å²) in [6.45, 7) is 2.13. The summed E-state index contributed by atoms with van der Waals surface area (Å²) in [7, 11) is 1.50. The molecule has 1 saturated heterocycles. The van der Waals surface area contributed by atoms with Crippen LogP contribution in [0.5, 0.6) is 11.5 Å². The zero-order valence-corrected chi connectivity index (χ0v) is 19.5. The summed E-state index contributed by atoms with van der Waals surface area (Å²) in [5.74, 6) is 0.166. The Balaban J connectivity index is 1.53. The predicted molar refractivity (Wildman–Crippen MR) is 131 cm³/mol. The molecule has 0 bridgehead atoms. The SMILES string of the molecule is COc1cc(/C=C2\SC(=Nc3ccc(C)cc3)NC2=O)cc(Cl)c1OCc1cccc(F)c1. The van der Waals surface area contributed by atoms with Crippen molar-refractivity contribution >= 4 is 46.2 Å². The van der Waals surface area contributed by atoms with Crippen molar-refractivity contribution < 1.29 is 18.7 Å². The fourth-order valence-corrected chi connectivity index (χ4v) is 4.23. The molecule has 4 rings (SSSR count). The van der Waals surface area contributed by atoms with Crippen molar-refractivity contribution in [1.29, 1.82) is 0 Å². The highest BCUT2D eigenvalue weighted by molar-refractivity contribution is 8.18. The normalized spacial score (nSPS) is 15.7. The zero-order chi connectivity index (χ0) is 23.4. The number of ether oxygens (including phenoxy) is 2. The first-order valence-corrected chi connectivity index (χ1v) is 11.2. The lowest BCUT2D eigenvalue weighted by molar-refractivity contribution is -0.115. The fraction of sp³-hybridized carbons (Fsp3) is 0.120. The molecule has 0 radical (unpaired) electrons. The number of rotatable bonds is 6. The molecule has 0 atom stereocenters. The van der Waals surface area contributed by atoms with Gasteiger partial charge in [-0.25, -0.2) is 9.38 Å². The number of thioether (sulfide) groups is 1. The van der Waals surface area contributed by atoms with Crippen LogP contribution in [0.1, 0.15) is 16.7 Å². The second-order valence-corrected chi connectivity index (χ2v) is 8.71. The third-order valence-electron chi connectivity index (χ3n) is 4.74. The number of hydrogen-bond acceptors (Lipinski definition) is 5. The van der Waals surface area contributed by atoms with Crippen LogP contribution in [-0.4, -0.2) is 18.2 Å². The molecule has 3 aromatic carbocycles. The predicted octanol–water partition coefficient (Wildman–Crippen LogP) is 6.27. The molecular weight excluding hydrogens is 463 g/mol. The van der Waals surface area contributed by atoms with Gasteiger partial charge in [0.25, 0.3) is 5.91 Å². The van der Waals surface area contributed by atoms with Crippen LogP contribution >= 0.6 is 23.4 Å². The van der Waals surface area contributed by atoms with Crippen LogP contribution < -0.4 is 14.8 Å². The van der Waals surface area contributed by atoms with E-state index in [1.165, 1.54) is 31.0 Å². The van der Waals surface area contributed by atoms with E-state index >= 15 is 0 Å². The molecule has 168 valence electrons. The number of benzene rings is 3. The van der Waals surface area contributed by atoms with E-state index in [4.69, 9.17) is 21.1 Å². The lowest BCUT2D eigenvalue weighted by Crippen LogP contribution is -2.19. The molecule has 1 N–H and O–H groups in total. The monoisotopic (exact) mass is 482 g/mol. The van der Waals surface area contributed by atoms with Crippen LogP contribution in [-0.2, 0) is 11.4 Å². The molecule has 1 amide bonds. The lowest BCUT2D eigenvalue weighted by Gasteiger charge is -2.13. The van der Waals surface area contributed by atoms with Gasteiger partial charge >= 0.3 is 0 Å². The first-order valence-electron chi connectivity index (χ1n) is 10.0. The number of amides is 1. The van der Waals surface area contributed by atoms with Crippen molar-refractivity contribution in [3.8, 4) is 11.5 Å². The largest absolute Gasteiger partial charge is 0.493 e. The number of hydrogen-bond donors (Lipinski definition) is 1. The Labute approximate surface area is 200 Å². The maximum atomic E-state index is 13.4. The van der Waals surface area contributed by atoms with E-state index < -0.39 is 0 Å². The van der Waals surface area contributed by atoms with Gasteiger partial charge in [0, 0.05) is 0 Å². The Bertz CT molecular complexity index is 1260. The molecule has 1 fully saturated rings. The van der Waals surface area contributed by atoms with E-state index in [0.717, 1.165) is 11.3 Å². The van der Waals surface area contributed by atoms with Crippen LogP contribution in [0.25, 0.3) is 6.08 Å². The quantitative estimate of drug-likeness (QED) is 0.421. The third-order valence-corrected chi connectivity index (χ3v) is 5.93. The molecule has 0 aliphatic carbocycles. The van der Waals surface area contributed by atoms with Crippen molar-refractivity contribution in [1.82, 2.24) is 5.32 Å². The molecule has 1 heterocycles. The summed E-state index contributed by atoms with van der Waals surface area (Å²) in [6.07, 6.45) is 1.71. The molecule has 0 spiro atoms. The van der Waals surface area contributed by atoms with Crippen molar-refractivity contribution in [2.75, 3.05) is 7.11 Å². The molecule has 0 aromatic heterocycles. The first kappa shape index (κ1) is 22.9. The topological polar surface area (TPSA) is 59.9 Å². The number of nitrogens with zero attached hydrogens (tertiary/aromatic N) is 1. The molecule has 8 heteroatoms. The second-order valence-electron chi connectivity index (χ2n) is 7.27. The van der Waals surface area contributed by atoms with Gasteiger partial charge in [-0.05, 0) is 72.3 Å². The Morgan fingerprint density at radius 1 is 1.15 bits per heavy atom. The summed E-state index contributed by atoms with van der Waals surface area (Å²) in [4.78, 5) is 17.4. The molecule has 1 aliphatic rings. The summed E-state index contributed by atoms with van der Waals surface area (Å²) < 4.78 is 24.6. The molecular formula is C25H20ClFN2O3S. The van der Waals surface area contributed by atoms with Gasteiger partial charge in [0.05, 0.1) is 22.7 Å². The number of amidine groups is 1. The number of aryl methyl sites for hydroxylation is 1. The molecule has 33 heavy (non-hydrogen) atoms. The van der Waals surface area contributed by atoms with Gasteiger partial charge in [0.15, 0.2) is 16.7 Å². The standard InChI is InChI=1S/C25H20ClFN2O3S/c1-15-6-8-19(9-7-15)28-25-29-24(30)22(33-25)13-17-11-20(26)23(21(12-17)31-2)32-14-16-4-3-5-18(27)10-16/h3-13H,14H2,1-2H3,(H,28,29,30)/b22-13-. The maximum absolute atomic E-state index is 13.4. The van der Waals surface area contributed by atoms with Gasteiger partial charge in [-0.15, -0.1) is 0 Å². The molecule has 1 aliphatic heterocycles. The average Bonchev–Trinajstić information content (AvgIpc) is 3.12. The Morgan fingerprint density at radius 3 is 2.67 bits per heavy atom. The van der Waals surface area contributed by atoms with Crippen LogP contribution in [0.3, 0.4) is 0 Å². The highest BCUT2D eigenvalue weighted by atomic mass is 35.5. The van der Waals surface area contributed by atoms with E-state index in [0.29, 0.717) is 37.7 Å². The van der Waals surface area contributed by atoms with Crippen molar-refractivity contribution in [3.05, 3.63) is 93.1 Å². The Hall–Kier alpha value is -3.29. The fourth-order valence-electron chi connectivity index (χ4n) is 3.11. The van der Waals surface area contributed by atoms with Gasteiger partial charge in [-0.3, -0.25) is 4.79 Å².